The van der Waals surface area contributed by atoms with Gasteiger partial charge in [0.25, 0.3) is 0 Å². The maximum absolute atomic E-state index is 6.33. The number of nitrogens with zero attached hydrogens (tertiary/aromatic N) is 2. The molecule has 1 aliphatic rings. The van der Waals surface area contributed by atoms with Crippen molar-refractivity contribution in [2.24, 2.45) is 0 Å². The molecule has 2 aromatic heterocycles. The number of aryl methyl sites for hydroxylation is 1. The van der Waals surface area contributed by atoms with Gasteiger partial charge in [-0.3, -0.25) is 4.98 Å². The molecular formula is C23H24ClN3O2S. The summed E-state index contributed by atoms with van der Waals surface area (Å²) in [6.45, 7) is 3.42. The molecular weight excluding hydrogens is 418 g/mol. The Morgan fingerprint density at radius 2 is 2.10 bits per heavy atom. The van der Waals surface area contributed by atoms with Crippen molar-refractivity contribution in [2.45, 2.75) is 25.4 Å². The van der Waals surface area contributed by atoms with E-state index in [2.05, 4.69) is 15.2 Å². The van der Waals surface area contributed by atoms with Crippen LogP contribution in [0.3, 0.4) is 0 Å². The molecule has 1 aromatic carbocycles. The molecule has 7 heteroatoms. The summed E-state index contributed by atoms with van der Waals surface area (Å²) in [5.41, 5.74) is 2.91. The van der Waals surface area contributed by atoms with Gasteiger partial charge in [0.05, 0.1) is 11.7 Å². The number of benzene rings is 1. The van der Waals surface area contributed by atoms with Crippen LogP contribution in [0, 0.1) is 6.92 Å². The number of furan rings is 1. The molecule has 3 aromatic rings. The van der Waals surface area contributed by atoms with E-state index in [9.17, 15) is 0 Å². The first-order valence-electron chi connectivity index (χ1n) is 9.91. The summed E-state index contributed by atoms with van der Waals surface area (Å²) in [4.78, 5) is 6.72. The highest BCUT2D eigenvalue weighted by atomic mass is 35.5. The molecule has 0 spiro atoms. The third kappa shape index (κ3) is 4.21. The van der Waals surface area contributed by atoms with Crippen molar-refractivity contribution in [3.05, 3.63) is 76.8 Å². The zero-order chi connectivity index (χ0) is 21.1. The summed E-state index contributed by atoms with van der Waals surface area (Å²) in [5.74, 6) is 1.61. The number of hydrogen-bond donors (Lipinski definition) is 1. The molecule has 2 atom stereocenters. The van der Waals surface area contributed by atoms with Crippen molar-refractivity contribution < 1.29 is 9.15 Å². The normalized spacial score (nSPS) is 18.6. The second-order valence-electron chi connectivity index (χ2n) is 7.33. The van der Waals surface area contributed by atoms with E-state index in [1.54, 1.807) is 13.3 Å². The van der Waals surface area contributed by atoms with Crippen LogP contribution < -0.4 is 5.32 Å². The van der Waals surface area contributed by atoms with E-state index in [1.807, 2.05) is 55.5 Å². The second kappa shape index (κ2) is 9.16. The van der Waals surface area contributed by atoms with Gasteiger partial charge < -0.3 is 19.4 Å². The van der Waals surface area contributed by atoms with Gasteiger partial charge >= 0.3 is 0 Å². The predicted molar refractivity (Wildman–Crippen MR) is 123 cm³/mol. The van der Waals surface area contributed by atoms with Crippen molar-refractivity contribution in [3.63, 3.8) is 0 Å². The van der Waals surface area contributed by atoms with E-state index in [0.29, 0.717) is 11.7 Å². The maximum Gasteiger partial charge on any atom is 0.170 e. The molecule has 1 aliphatic heterocycles. The van der Waals surface area contributed by atoms with Crippen molar-refractivity contribution >= 4 is 28.9 Å². The van der Waals surface area contributed by atoms with Crippen molar-refractivity contribution in [2.75, 3.05) is 20.3 Å². The Kier molecular flexibility index (Phi) is 6.37. The average molecular weight is 442 g/mol. The Morgan fingerprint density at radius 3 is 2.83 bits per heavy atom. The average Bonchev–Trinajstić information content (AvgIpc) is 3.36. The summed E-state index contributed by atoms with van der Waals surface area (Å²) in [5, 5.41) is 4.86. The van der Waals surface area contributed by atoms with Gasteiger partial charge in [0.15, 0.2) is 5.11 Å². The highest BCUT2D eigenvalue weighted by Gasteiger charge is 2.41. The third-order valence-corrected chi connectivity index (χ3v) is 6.08. The summed E-state index contributed by atoms with van der Waals surface area (Å²) >= 11 is 12.0. The monoisotopic (exact) mass is 441 g/mol. The van der Waals surface area contributed by atoms with Crippen LogP contribution >= 0.6 is 23.8 Å². The quantitative estimate of drug-likeness (QED) is 0.396. The minimum Gasteiger partial charge on any atom is -0.459 e. The zero-order valence-electron chi connectivity index (χ0n) is 17.0. The SMILES string of the molecule is COCCCN1C(=S)N[C@H](c2ccccn2)[C@H]1c1ccc(-c2ccc(C)c(Cl)c2)o1. The van der Waals surface area contributed by atoms with Crippen molar-refractivity contribution in [1.82, 2.24) is 15.2 Å². The molecule has 156 valence electrons. The number of pyridine rings is 1. The summed E-state index contributed by atoms with van der Waals surface area (Å²) in [6, 6.07) is 15.7. The van der Waals surface area contributed by atoms with E-state index in [0.717, 1.165) is 46.3 Å². The fraction of sp³-hybridized carbons (Fsp3) is 0.304. The molecule has 1 fully saturated rings. The standard InChI is InChI=1S/C23H24ClN3O2S/c1-15-7-8-16(14-17(15)24)19-9-10-20(29-19)22-21(18-6-3-4-11-25-18)26-23(30)27(22)12-5-13-28-2/h3-4,6-11,14,21-22H,5,12-13H2,1-2H3,(H,26,30)/t21-,22-/m1/s1. The summed E-state index contributed by atoms with van der Waals surface area (Å²) in [6.07, 6.45) is 2.66. The fourth-order valence-corrected chi connectivity index (χ4v) is 4.26. The van der Waals surface area contributed by atoms with Crippen LogP contribution in [0.2, 0.25) is 5.02 Å². The number of rotatable bonds is 7. The molecule has 0 saturated carbocycles. The molecule has 1 saturated heterocycles. The zero-order valence-corrected chi connectivity index (χ0v) is 18.5. The summed E-state index contributed by atoms with van der Waals surface area (Å²) in [7, 11) is 1.71. The first kappa shape index (κ1) is 20.8. The molecule has 0 unspecified atom stereocenters. The Hall–Kier alpha value is -2.41. The van der Waals surface area contributed by atoms with Gasteiger partial charge in [-0.15, -0.1) is 0 Å². The number of hydrogen-bond acceptors (Lipinski definition) is 4. The number of nitrogens with one attached hydrogen (secondary N) is 1. The lowest BCUT2D eigenvalue weighted by atomic mass is 10.0. The van der Waals surface area contributed by atoms with Gasteiger partial charge in [0.2, 0.25) is 0 Å². The van der Waals surface area contributed by atoms with E-state index in [4.69, 9.17) is 33.0 Å². The molecule has 0 bridgehead atoms. The van der Waals surface area contributed by atoms with E-state index in [1.165, 1.54) is 0 Å². The van der Waals surface area contributed by atoms with Crippen LogP contribution in [0.25, 0.3) is 11.3 Å². The Balaban J connectivity index is 1.68. The van der Waals surface area contributed by atoms with Crippen LogP contribution in [-0.2, 0) is 4.74 Å². The molecule has 5 nitrogen and oxygen atoms in total. The molecule has 0 aliphatic carbocycles. The smallest absolute Gasteiger partial charge is 0.170 e. The number of thiocarbonyl (C=S) groups is 1. The highest BCUT2D eigenvalue weighted by molar-refractivity contribution is 7.80. The third-order valence-electron chi connectivity index (χ3n) is 5.32. The summed E-state index contributed by atoms with van der Waals surface area (Å²) < 4.78 is 11.6. The predicted octanol–water partition coefficient (Wildman–Crippen LogP) is 5.31. The fourth-order valence-electron chi connectivity index (χ4n) is 3.75. The highest BCUT2D eigenvalue weighted by Crippen LogP contribution is 2.40. The largest absolute Gasteiger partial charge is 0.459 e. The molecule has 1 N–H and O–H groups in total. The minimum atomic E-state index is -0.0982. The lowest BCUT2D eigenvalue weighted by Crippen LogP contribution is -2.31. The first-order chi connectivity index (χ1) is 14.6. The van der Waals surface area contributed by atoms with Gasteiger partial charge in [0, 0.05) is 37.0 Å². The molecule has 4 rings (SSSR count). The second-order valence-corrected chi connectivity index (χ2v) is 8.13. The van der Waals surface area contributed by atoms with Gasteiger partial charge in [-0.25, -0.2) is 0 Å². The molecule has 0 amide bonds. The van der Waals surface area contributed by atoms with Crippen LogP contribution in [0.15, 0.2) is 59.1 Å². The van der Waals surface area contributed by atoms with Crippen LogP contribution in [0.1, 0.15) is 35.5 Å². The number of ether oxygens (including phenoxy) is 1. The lowest BCUT2D eigenvalue weighted by Gasteiger charge is -2.26. The van der Waals surface area contributed by atoms with Gasteiger partial charge in [-0.1, -0.05) is 29.8 Å². The van der Waals surface area contributed by atoms with Crippen molar-refractivity contribution in [3.8, 4) is 11.3 Å². The van der Waals surface area contributed by atoms with Crippen LogP contribution in [0.4, 0.5) is 0 Å². The van der Waals surface area contributed by atoms with Gasteiger partial charge in [-0.05, 0) is 61.5 Å². The van der Waals surface area contributed by atoms with Gasteiger partial charge in [0.1, 0.15) is 17.6 Å². The lowest BCUT2D eigenvalue weighted by molar-refractivity contribution is 0.177. The molecule has 0 radical (unpaired) electrons. The Morgan fingerprint density at radius 1 is 1.23 bits per heavy atom. The first-order valence-corrected chi connectivity index (χ1v) is 10.7. The Bertz CT molecular complexity index is 1020. The van der Waals surface area contributed by atoms with E-state index < -0.39 is 0 Å². The number of halogens is 1. The van der Waals surface area contributed by atoms with E-state index in [-0.39, 0.29) is 12.1 Å². The number of aromatic nitrogens is 1. The van der Waals surface area contributed by atoms with Crippen LogP contribution in [0.5, 0.6) is 0 Å². The van der Waals surface area contributed by atoms with Gasteiger partial charge in [-0.2, -0.15) is 0 Å². The minimum absolute atomic E-state index is 0.0955. The van der Waals surface area contributed by atoms with Crippen LogP contribution in [-0.4, -0.2) is 35.3 Å². The Labute approximate surface area is 187 Å². The number of methoxy groups -OCH3 is 1. The topological polar surface area (TPSA) is 50.5 Å². The maximum atomic E-state index is 6.33. The molecule has 3 heterocycles. The molecule has 30 heavy (non-hydrogen) atoms. The van der Waals surface area contributed by atoms with E-state index >= 15 is 0 Å². The van der Waals surface area contributed by atoms with Crippen molar-refractivity contribution in [1.29, 1.82) is 0 Å².